The van der Waals surface area contributed by atoms with E-state index in [0.717, 1.165) is 12.8 Å². The lowest BCUT2D eigenvalue weighted by atomic mass is 10.2. The molecule has 2 aromatic rings. The van der Waals surface area contributed by atoms with Crippen molar-refractivity contribution in [3.05, 3.63) is 12.1 Å². The Bertz CT molecular complexity index is 740. The van der Waals surface area contributed by atoms with Gasteiger partial charge >= 0.3 is 0 Å². The van der Waals surface area contributed by atoms with E-state index in [9.17, 15) is 4.79 Å². The average molecular weight is 395 g/mol. The molecule has 0 aliphatic carbocycles. The Kier molecular flexibility index (Phi) is 7.78. The first-order valence-electron chi connectivity index (χ1n) is 8.58. The number of aromatic nitrogens is 2. The van der Waals surface area contributed by atoms with E-state index in [4.69, 9.17) is 18.6 Å². The summed E-state index contributed by atoms with van der Waals surface area (Å²) in [6.07, 6.45) is 1.97. The highest BCUT2D eigenvalue weighted by atomic mass is 32.2. The summed E-state index contributed by atoms with van der Waals surface area (Å²) >= 11 is 1.19. The predicted octanol–water partition coefficient (Wildman–Crippen LogP) is 3.16. The molecule has 0 unspecified atom stereocenters. The normalized spacial score (nSPS) is 11.7. The van der Waals surface area contributed by atoms with Crippen LogP contribution in [0.5, 0.6) is 17.2 Å². The largest absolute Gasteiger partial charge is 0.493 e. The van der Waals surface area contributed by atoms with Gasteiger partial charge in [0.1, 0.15) is 0 Å². The molecule has 1 amide bonds. The fourth-order valence-electron chi connectivity index (χ4n) is 2.54. The number of hydrogen-bond acceptors (Lipinski definition) is 8. The van der Waals surface area contributed by atoms with Crippen LogP contribution in [0.2, 0.25) is 0 Å². The second kappa shape index (κ2) is 10.1. The summed E-state index contributed by atoms with van der Waals surface area (Å²) in [6.45, 7) is 4.07. The molecule has 2 rings (SSSR count). The number of thioether (sulfide) groups is 1. The topological polar surface area (TPSA) is 95.7 Å². The zero-order chi connectivity index (χ0) is 19.8. The first kappa shape index (κ1) is 20.9. The molecule has 8 nitrogen and oxygen atoms in total. The second-order valence-electron chi connectivity index (χ2n) is 5.83. The standard InChI is InChI=1S/C18H25N3O5S/c1-6-7-11(2)19-15(22)10-27-18-21-20-17(26-18)12-8-13(23-3)16(25-5)14(9-12)24-4/h8-9,11H,6-7,10H2,1-5H3,(H,19,22)/t11-/m0/s1. The van der Waals surface area contributed by atoms with Crippen LogP contribution in [0.1, 0.15) is 26.7 Å². The highest BCUT2D eigenvalue weighted by molar-refractivity contribution is 7.99. The Hall–Kier alpha value is -2.42. The first-order valence-corrected chi connectivity index (χ1v) is 9.56. The van der Waals surface area contributed by atoms with Gasteiger partial charge < -0.3 is 23.9 Å². The van der Waals surface area contributed by atoms with Crippen LogP contribution in [0, 0.1) is 0 Å². The highest BCUT2D eigenvalue weighted by Gasteiger charge is 2.18. The van der Waals surface area contributed by atoms with Crippen LogP contribution in [-0.2, 0) is 4.79 Å². The summed E-state index contributed by atoms with van der Waals surface area (Å²) in [5.41, 5.74) is 0.630. The van der Waals surface area contributed by atoms with Crippen molar-refractivity contribution in [2.24, 2.45) is 0 Å². The minimum atomic E-state index is -0.0616. The van der Waals surface area contributed by atoms with Gasteiger partial charge in [-0.15, -0.1) is 10.2 Å². The molecule has 9 heteroatoms. The Balaban J connectivity index is 2.08. The molecule has 0 saturated heterocycles. The van der Waals surface area contributed by atoms with Crippen LogP contribution < -0.4 is 19.5 Å². The summed E-state index contributed by atoms with van der Waals surface area (Å²) in [5.74, 6) is 1.91. The zero-order valence-electron chi connectivity index (χ0n) is 16.2. The molecule has 0 aliphatic rings. The Morgan fingerprint density at radius 2 is 1.85 bits per heavy atom. The quantitative estimate of drug-likeness (QED) is 0.613. The summed E-state index contributed by atoms with van der Waals surface area (Å²) < 4.78 is 21.6. The second-order valence-corrected chi connectivity index (χ2v) is 6.76. The summed E-state index contributed by atoms with van der Waals surface area (Å²) in [6, 6.07) is 3.60. The smallest absolute Gasteiger partial charge is 0.277 e. The highest BCUT2D eigenvalue weighted by Crippen LogP contribution is 2.41. The molecule has 0 bridgehead atoms. The Morgan fingerprint density at radius 1 is 1.19 bits per heavy atom. The minimum absolute atomic E-state index is 0.0616. The average Bonchev–Trinajstić information content (AvgIpc) is 3.14. The number of benzene rings is 1. The number of carbonyl (C=O) groups is 1. The third-order valence-corrected chi connectivity index (χ3v) is 4.59. The van der Waals surface area contributed by atoms with Gasteiger partial charge in [0.25, 0.3) is 5.22 Å². The molecule has 148 valence electrons. The van der Waals surface area contributed by atoms with Crippen LogP contribution in [-0.4, -0.2) is 49.2 Å². The van der Waals surface area contributed by atoms with Crippen molar-refractivity contribution in [1.82, 2.24) is 15.5 Å². The maximum Gasteiger partial charge on any atom is 0.277 e. The molecule has 1 N–H and O–H groups in total. The Morgan fingerprint density at radius 3 is 2.41 bits per heavy atom. The van der Waals surface area contributed by atoms with Crippen molar-refractivity contribution in [2.45, 2.75) is 38.0 Å². The van der Waals surface area contributed by atoms with Crippen LogP contribution in [0.3, 0.4) is 0 Å². The fraction of sp³-hybridized carbons (Fsp3) is 0.500. The number of nitrogens with one attached hydrogen (secondary N) is 1. The van der Waals surface area contributed by atoms with Crippen molar-refractivity contribution in [2.75, 3.05) is 27.1 Å². The number of hydrogen-bond donors (Lipinski definition) is 1. The monoisotopic (exact) mass is 395 g/mol. The van der Waals surface area contributed by atoms with Gasteiger partial charge in [-0.2, -0.15) is 0 Å². The van der Waals surface area contributed by atoms with E-state index in [0.29, 0.717) is 33.9 Å². The van der Waals surface area contributed by atoms with Crippen molar-refractivity contribution in [3.63, 3.8) is 0 Å². The van der Waals surface area contributed by atoms with Crippen LogP contribution in [0.4, 0.5) is 0 Å². The van der Waals surface area contributed by atoms with Crippen LogP contribution >= 0.6 is 11.8 Å². The number of ether oxygens (including phenoxy) is 3. The van der Waals surface area contributed by atoms with Gasteiger partial charge in [-0.1, -0.05) is 25.1 Å². The minimum Gasteiger partial charge on any atom is -0.493 e. The molecule has 27 heavy (non-hydrogen) atoms. The van der Waals surface area contributed by atoms with E-state index in [2.05, 4.69) is 22.4 Å². The van der Waals surface area contributed by atoms with E-state index in [1.807, 2.05) is 6.92 Å². The molecule has 0 radical (unpaired) electrons. The molecule has 1 heterocycles. The maximum absolute atomic E-state index is 11.9. The van der Waals surface area contributed by atoms with E-state index >= 15 is 0 Å². The molecule has 0 saturated carbocycles. The SMILES string of the molecule is CCC[C@H](C)NC(=O)CSc1nnc(-c2cc(OC)c(OC)c(OC)c2)o1. The first-order chi connectivity index (χ1) is 13.0. The molecule has 0 aliphatic heterocycles. The number of rotatable bonds is 10. The predicted molar refractivity (Wildman–Crippen MR) is 103 cm³/mol. The number of carbonyl (C=O) groups excluding carboxylic acids is 1. The van der Waals surface area contributed by atoms with Gasteiger partial charge in [0.2, 0.25) is 17.5 Å². The third-order valence-electron chi connectivity index (χ3n) is 3.77. The van der Waals surface area contributed by atoms with Gasteiger partial charge in [0.05, 0.1) is 27.1 Å². The fourth-order valence-corrected chi connectivity index (χ4v) is 3.11. The lowest BCUT2D eigenvalue weighted by Gasteiger charge is -2.12. The molecular weight excluding hydrogens is 370 g/mol. The van der Waals surface area contributed by atoms with Gasteiger partial charge in [0, 0.05) is 11.6 Å². The van der Waals surface area contributed by atoms with Crippen LogP contribution in [0.15, 0.2) is 21.8 Å². The van der Waals surface area contributed by atoms with Crippen molar-refractivity contribution < 1.29 is 23.4 Å². The number of nitrogens with zero attached hydrogens (tertiary/aromatic N) is 2. The van der Waals surface area contributed by atoms with E-state index in [-0.39, 0.29) is 17.7 Å². The zero-order valence-corrected chi connectivity index (χ0v) is 17.0. The van der Waals surface area contributed by atoms with Gasteiger partial charge in [-0.25, -0.2) is 0 Å². The van der Waals surface area contributed by atoms with Gasteiger partial charge in [-0.3, -0.25) is 4.79 Å². The number of amides is 1. The summed E-state index contributed by atoms with van der Waals surface area (Å²) in [4.78, 5) is 11.9. The maximum atomic E-state index is 11.9. The molecular formula is C18H25N3O5S. The van der Waals surface area contributed by atoms with Gasteiger partial charge in [0.15, 0.2) is 11.5 Å². The van der Waals surface area contributed by atoms with Crippen LogP contribution in [0.25, 0.3) is 11.5 Å². The lowest BCUT2D eigenvalue weighted by molar-refractivity contribution is -0.119. The molecule has 0 fully saturated rings. The van der Waals surface area contributed by atoms with Crippen molar-refractivity contribution in [3.8, 4) is 28.7 Å². The van der Waals surface area contributed by atoms with E-state index in [1.165, 1.54) is 33.1 Å². The number of methoxy groups -OCH3 is 3. The Labute approximate surface area is 163 Å². The lowest BCUT2D eigenvalue weighted by Crippen LogP contribution is -2.33. The summed E-state index contributed by atoms with van der Waals surface area (Å²) in [7, 11) is 4.61. The van der Waals surface area contributed by atoms with Crippen molar-refractivity contribution in [1.29, 1.82) is 0 Å². The van der Waals surface area contributed by atoms with Gasteiger partial charge in [-0.05, 0) is 25.5 Å². The summed E-state index contributed by atoms with van der Waals surface area (Å²) in [5, 5.41) is 11.3. The molecule has 1 aromatic carbocycles. The molecule has 1 atom stereocenters. The molecule has 1 aromatic heterocycles. The van der Waals surface area contributed by atoms with E-state index in [1.54, 1.807) is 12.1 Å². The van der Waals surface area contributed by atoms with Crippen molar-refractivity contribution >= 4 is 17.7 Å². The molecule has 0 spiro atoms. The third kappa shape index (κ3) is 5.53. The van der Waals surface area contributed by atoms with E-state index < -0.39 is 0 Å².